The van der Waals surface area contributed by atoms with E-state index in [1.54, 1.807) is 12.1 Å². The van der Waals surface area contributed by atoms with Crippen molar-refractivity contribution in [2.75, 3.05) is 13.1 Å². The quantitative estimate of drug-likeness (QED) is 0.260. The van der Waals surface area contributed by atoms with Crippen molar-refractivity contribution in [1.29, 1.82) is 0 Å². The summed E-state index contributed by atoms with van der Waals surface area (Å²) in [6.45, 7) is 5.38. The van der Waals surface area contributed by atoms with Gasteiger partial charge in [-0.1, -0.05) is 19.1 Å². The van der Waals surface area contributed by atoms with Crippen LogP contribution in [-0.2, 0) is 11.3 Å². The summed E-state index contributed by atoms with van der Waals surface area (Å²) in [7, 11) is 0. The standard InChI is InChI=1S/C16H26N6O2/c1-3-12(2)15(23)18-8-4-5-9-19-16(24)13-6-7-14(20-10-13)11-21-22-17/h6-7,10,12H,3-5,8-9,11H2,1-2H3,(H2,17,21)(H,18,23)(H,19,24). The number of hydrogen-bond donors (Lipinski definition) is 3. The monoisotopic (exact) mass is 334 g/mol. The molecular formula is C16H26N6O2. The van der Waals surface area contributed by atoms with E-state index in [0.717, 1.165) is 19.3 Å². The van der Waals surface area contributed by atoms with Crippen molar-refractivity contribution in [3.8, 4) is 0 Å². The summed E-state index contributed by atoms with van der Waals surface area (Å²) in [5.74, 6) is 4.89. The second-order valence-corrected chi connectivity index (χ2v) is 5.52. The molecule has 0 bridgehead atoms. The van der Waals surface area contributed by atoms with Gasteiger partial charge in [0.1, 0.15) is 6.54 Å². The van der Waals surface area contributed by atoms with Gasteiger partial charge in [0, 0.05) is 25.2 Å². The van der Waals surface area contributed by atoms with E-state index in [1.165, 1.54) is 6.20 Å². The molecule has 0 aromatic carbocycles. The molecule has 1 rings (SSSR count). The Balaban J connectivity index is 2.21. The third kappa shape index (κ3) is 7.17. The van der Waals surface area contributed by atoms with Crippen molar-refractivity contribution in [3.05, 3.63) is 29.6 Å². The Morgan fingerprint density at radius 1 is 1.25 bits per heavy atom. The zero-order valence-corrected chi connectivity index (χ0v) is 14.3. The van der Waals surface area contributed by atoms with E-state index in [1.807, 2.05) is 13.8 Å². The first-order valence-electron chi connectivity index (χ1n) is 8.16. The highest BCUT2D eigenvalue weighted by Gasteiger charge is 2.09. The zero-order valence-electron chi connectivity index (χ0n) is 14.3. The Kier molecular flexibility index (Phi) is 9.03. The summed E-state index contributed by atoms with van der Waals surface area (Å²) in [5, 5.41) is 12.5. The largest absolute Gasteiger partial charge is 0.356 e. The maximum Gasteiger partial charge on any atom is 0.252 e. The molecule has 0 aliphatic rings. The molecule has 8 nitrogen and oxygen atoms in total. The lowest BCUT2D eigenvalue weighted by Gasteiger charge is -2.10. The van der Waals surface area contributed by atoms with Crippen LogP contribution in [0.2, 0.25) is 0 Å². The predicted octanol–water partition coefficient (Wildman–Crippen LogP) is 1.58. The van der Waals surface area contributed by atoms with Crippen LogP contribution in [0.5, 0.6) is 0 Å². The van der Waals surface area contributed by atoms with Gasteiger partial charge in [0.2, 0.25) is 5.91 Å². The molecule has 1 aromatic heterocycles. The summed E-state index contributed by atoms with van der Waals surface area (Å²) in [6.07, 6.45) is 3.96. The van der Waals surface area contributed by atoms with Crippen LogP contribution in [0.1, 0.15) is 49.2 Å². The maximum absolute atomic E-state index is 12.0. The van der Waals surface area contributed by atoms with Gasteiger partial charge in [-0.2, -0.15) is 5.11 Å². The first-order chi connectivity index (χ1) is 11.6. The van der Waals surface area contributed by atoms with Gasteiger partial charge in [-0.15, -0.1) is 0 Å². The second-order valence-electron chi connectivity index (χ2n) is 5.52. The molecule has 132 valence electrons. The minimum Gasteiger partial charge on any atom is -0.356 e. The van der Waals surface area contributed by atoms with Crippen LogP contribution in [0.15, 0.2) is 28.7 Å². The zero-order chi connectivity index (χ0) is 17.8. The Hall–Kier alpha value is -2.51. The lowest BCUT2D eigenvalue weighted by atomic mass is 10.1. The van der Waals surface area contributed by atoms with Crippen LogP contribution < -0.4 is 16.5 Å². The Labute approximate surface area is 142 Å². The van der Waals surface area contributed by atoms with Crippen molar-refractivity contribution in [2.45, 2.75) is 39.7 Å². The summed E-state index contributed by atoms with van der Waals surface area (Å²) in [4.78, 5) is 27.7. The van der Waals surface area contributed by atoms with E-state index in [9.17, 15) is 9.59 Å². The van der Waals surface area contributed by atoms with Gasteiger partial charge < -0.3 is 16.5 Å². The molecule has 2 amide bonds. The van der Waals surface area contributed by atoms with E-state index in [4.69, 9.17) is 5.84 Å². The van der Waals surface area contributed by atoms with Gasteiger partial charge in [-0.3, -0.25) is 14.6 Å². The molecule has 8 heteroatoms. The fourth-order valence-electron chi connectivity index (χ4n) is 1.89. The predicted molar refractivity (Wildman–Crippen MR) is 91.0 cm³/mol. The average Bonchev–Trinajstić information content (AvgIpc) is 2.62. The normalized spacial score (nSPS) is 12.1. The van der Waals surface area contributed by atoms with E-state index in [-0.39, 0.29) is 17.7 Å². The second kappa shape index (κ2) is 11.1. The maximum atomic E-state index is 12.0. The minimum atomic E-state index is -0.168. The Morgan fingerprint density at radius 2 is 1.96 bits per heavy atom. The van der Waals surface area contributed by atoms with Gasteiger partial charge >= 0.3 is 0 Å². The highest BCUT2D eigenvalue weighted by atomic mass is 16.2. The highest BCUT2D eigenvalue weighted by molar-refractivity contribution is 5.93. The van der Waals surface area contributed by atoms with Gasteiger partial charge in [-0.25, -0.2) is 0 Å². The van der Waals surface area contributed by atoms with Gasteiger partial charge in [0.05, 0.1) is 11.3 Å². The van der Waals surface area contributed by atoms with Crippen molar-refractivity contribution in [1.82, 2.24) is 15.6 Å². The number of aromatic nitrogens is 1. The number of carbonyl (C=O) groups is 2. The van der Waals surface area contributed by atoms with Crippen molar-refractivity contribution in [3.63, 3.8) is 0 Å². The number of carbonyl (C=O) groups excluding carboxylic acids is 2. The fourth-order valence-corrected chi connectivity index (χ4v) is 1.89. The molecule has 0 radical (unpaired) electrons. The third-order valence-electron chi connectivity index (χ3n) is 3.65. The first-order valence-corrected chi connectivity index (χ1v) is 8.16. The number of unbranched alkanes of at least 4 members (excludes halogenated alkanes) is 1. The molecule has 1 aromatic rings. The lowest BCUT2D eigenvalue weighted by Crippen LogP contribution is -2.30. The molecule has 0 aliphatic carbocycles. The van der Waals surface area contributed by atoms with Gasteiger partial charge in [-0.05, 0) is 31.4 Å². The number of nitrogens with one attached hydrogen (secondary N) is 2. The lowest BCUT2D eigenvalue weighted by molar-refractivity contribution is -0.124. The number of rotatable bonds is 10. The van der Waals surface area contributed by atoms with E-state index < -0.39 is 0 Å². The Bertz CT molecular complexity index is 544. The molecule has 24 heavy (non-hydrogen) atoms. The van der Waals surface area contributed by atoms with E-state index >= 15 is 0 Å². The van der Waals surface area contributed by atoms with Gasteiger partial charge in [0.15, 0.2) is 0 Å². The molecule has 1 heterocycles. The van der Waals surface area contributed by atoms with Crippen LogP contribution >= 0.6 is 0 Å². The minimum absolute atomic E-state index is 0.0477. The van der Waals surface area contributed by atoms with Crippen LogP contribution in [0.4, 0.5) is 0 Å². The van der Waals surface area contributed by atoms with Crippen molar-refractivity contribution >= 4 is 11.8 Å². The molecule has 0 spiro atoms. The molecule has 0 aliphatic heterocycles. The molecule has 4 N–H and O–H groups in total. The highest BCUT2D eigenvalue weighted by Crippen LogP contribution is 2.02. The summed E-state index contributed by atoms with van der Waals surface area (Å²) in [6, 6.07) is 3.41. The summed E-state index contributed by atoms with van der Waals surface area (Å²) >= 11 is 0. The molecule has 1 atom stereocenters. The van der Waals surface area contributed by atoms with Crippen molar-refractivity contribution < 1.29 is 9.59 Å². The smallest absolute Gasteiger partial charge is 0.252 e. The number of pyridine rings is 1. The number of amides is 2. The van der Waals surface area contributed by atoms with Crippen LogP contribution in [0, 0.1) is 5.92 Å². The van der Waals surface area contributed by atoms with E-state index in [2.05, 4.69) is 26.0 Å². The van der Waals surface area contributed by atoms with Crippen molar-refractivity contribution in [2.24, 2.45) is 22.1 Å². The molecule has 0 saturated carbocycles. The van der Waals surface area contributed by atoms with E-state index in [0.29, 0.717) is 30.9 Å². The summed E-state index contributed by atoms with van der Waals surface area (Å²) < 4.78 is 0. The SMILES string of the molecule is CCC(C)C(=O)NCCCCNC(=O)c1ccc(CN=NN)nc1. The molecule has 1 unspecified atom stereocenters. The average molecular weight is 334 g/mol. The third-order valence-corrected chi connectivity index (χ3v) is 3.65. The molecular weight excluding hydrogens is 308 g/mol. The van der Waals surface area contributed by atoms with Crippen LogP contribution in [0.25, 0.3) is 0 Å². The van der Waals surface area contributed by atoms with Crippen LogP contribution in [0.3, 0.4) is 0 Å². The molecule has 0 fully saturated rings. The number of hydrogen-bond acceptors (Lipinski definition) is 5. The molecule has 0 saturated heterocycles. The van der Waals surface area contributed by atoms with Crippen LogP contribution in [-0.4, -0.2) is 29.9 Å². The first kappa shape index (κ1) is 19.5. The number of nitrogens with two attached hydrogens (primary N) is 1. The summed E-state index contributed by atoms with van der Waals surface area (Å²) in [5.41, 5.74) is 1.19. The Morgan fingerprint density at radius 3 is 2.54 bits per heavy atom. The topological polar surface area (TPSA) is 122 Å². The fraction of sp³-hybridized carbons (Fsp3) is 0.562. The number of nitrogens with zero attached hydrogens (tertiary/aromatic N) is 3. The van der Waals surface area contributed by atoms with Gasteiger partial charge in [0.25, 0.3) is 5.91 Å².